The smallest absolute Gasteiger partial charge is 0.244 e. The quantitative estimate of drug-likeness (QED) is 0.579. The summed E-state index contributed by atoms with van der Waals surface area (Å²) < 4.78 is 40.2. The van der Waals surface area contributed by atoms with Gasteiger partial charge in [0.05, 0.1) is 13.3 Å². The molecular formula is C19H24N4O4S. The third-order valence-corrected chi connectivity index (χ3v) is 5.84. The second kappa shape index (κ2) is 8.26. The lowest BCUT2D eigenvalue weighted by atomic mass is 10.1. The summed E-state index contributed by atoms with van der Waals surface area (Å²) >= 11 is 0. The van der Waals surface area contributed by atoms with Crippen LogP contribution in [0.3, 0.4) is 0 Å². The minimum absolute atomic E-state index is 0.0774. The molecule has 0 saturated heterocycles. The van der Waals surface area contributed by atoms with Gasteiger partial charge in [0, 0.05) is 37.2 Å². The first-order chi connectivity index (χ1) is 13.4. The van der Waals surface area contributed by atoms with Crippen LogP contribution in [0.25, 0.3) is 16.8 Å². The van der Waals surface area contributed by atoms with Gasteiger partial charge >= 0.3 is 0 Å². The van der Waals surface area contributed by atoms with Crippen LogP contribution < -0.4 is 9.46 Å². The maximum Gasteiger partial charge on any atom is 0.244 e. The van der Waals surface area contributed by atoms with Gasteiger partial charge in [-0.3, -0.25) is 0 Å². The maximum absolute atomic E-state index is 12.8. The van der Waals surface area contributed by atoms with Crippen LogP contribution in [0.1, 0.15) is 17.8 Å². The van der Waals surface area contributed by atoms with Gasteiger partial charge in [-0.05, 0) is 44.0 Å². The number of nitrogens with zero attached hydrogens (tertiary/aromatic N) is 3. The van der Waals surface area contributed by atoms with Gasteiger partial charge in [-0.25, -0.2) is 22.6 Å². The summed E-state index contributed by atoms with van der Waals surface area (Å²) in [5, 5.41) is 4.38. The van der Waals surface area contributed by atoms with Crippen molar-refractivity contribution in [1.82, 2.24) is 19.3 Å². The van der Waals surface area contributed by atoms with E-state index in [9.17, 15) is 8.42 Å². The molecule has 0 radical (unpaired) electrons. The van der Waals surface area contributed by atoms with Crippen LogP contribution >= 0.6 is 0 Å². The van der Waals surface area contributed by atoms with Gasteiger partial charge < -0.3 is 9.47 Å². The number of ether oxygens (including phenoxy) is 2. The molecule has 1 N–H and O–H groups in total. The molecule has 2 heterocycles. The first kappa shape index (κ1) is 20.2. The van der Waals surface area contributed by atoms with E-state index in [1.165, 1.54) is 7.11 Å². The number of sulfonamides is 1. The third kappa shape index (κ3) is 4.01. The fourth-order valence-electron chi connectivity index (χ4n) is 3.03. The van der Waals surface area contributed by atoms with Gasteiger partial charge in [0.15, 0.2) is 5.65 Å². The van der Waals surface area contributed by atoms with E-state index in [2.05, 4.69) is 14.8 Å². The lowest BCUT2D eigenvalue weighted by Crippen LogP contribution is -2.26. The van der Waals surface area contributed by atoms with Crippen molar-refractivity contribution in [3.63, 3.8) is 0 Å². The van der Waals surface area contributed by atoms with E-state index in [1.54, 1.807) is 36.0 Å². The van der Waals surface area contributed by atoms with Crippen LogP contribution in [0.4, 0.5) is 0 Å². The maximum atomic E-state index is 12.8. The molecule has 150 valence electrons. The third-order valence-electron chi connectivity index (χ3n) is 4.36. The Bertz CT molecular complexity index is 1090. The van der Waals surface area contributed by atoms with E-state index < -0.39 is 10.0 Å². The first-order valence-corrected chi connectivity index (χ1v) is 10.3. The lowest BCUT2D eigenvalue weighted by molar-refractivity contribution is 0.196. The average Bonchev–Trinajstić information content (AvgIpc) is 3.09. The zero-order valence-electron chi connectivity index (χ0n) is 16.4. The predicted molar refractivity (Wildman–Crippen MR) is 106 cm³/mol. The highest BCUT2D eigenvalue weighted by Gasteiger charge is 2.21. The topological polar surface area (TPSA) is 94.8 Å². The molecule has 8 nitrogen and oxygen atoms in total. The van der Waals surface area contributed by atoms with Crippen molar-refractivity contribution in [3.8, 4) is 16.9 Å². The Labute approximate surface area is 164 Å². The molecule has 0 spiro atoms. The van der Waals surface area contributed by atoms with Crippen molar-refractivity contribution < 1.29 is 17.9 Å². The highest BCUT2D eigenvalue weighted by Crippen LogP contribution is 2.31. The fourth-order valence-corrected chi connectivity index (χ4v) is 4.30. The van der Waals surface area contributed by atoms with Gasteiger partial charge in [-0.1, -0.05) is 6.07 Å². The van der Waals surface area contributed by atoms with E-state index >= 15 is 0 Å². The zero-order chi connectivity index (χ0) is 20.3. The Morgan fingerprint density at radius 3 is 2.68 bits per heavy atom. The molecule has 0 fully saturated rings. The molecule has 0 unspecified atom stereocenters. The van der Waals surface area contributed by atoms with E-state index in [4.69, 9.17) is 9.47 Å². The molecule has 9 heteroatoms. The van der Waals surface area contributed by atoms with Crippen LogP contribution in [-0.4, -0.2) is 50.4 Å². The number of aryl methyl sites for hydroxylation is 2. The predicted octanol–water partition coefficient (Wildman–Crippen LogP) is 2.34. The second-order valence-electron chi connectivity index (χ2n) is 6.44. The number of hydrogen-bond acceptors (Lipinski definition) is 6. The summed E-state index contributed by atoms with van der Waals surface area (Å²) in [6.45, 7) is 4.62. The van der Waals surface area contributed by atoms with Gasteiger partial charge in [0.2, 0.25) is 10.0 Å². The van der Waals surface area contributed by atoms with Gasteiger partial charge in [0.1, 0.15) is 10.6 Å². The summed E-state index contributed by atoms with van der Waals surface area (Å²) in [5.41, 5.74) is 3.96. The minimum Gasteiger partial charge on any atom is -0.495 e. The molecule has 0 atom stereocenters. The van der Waals surface area contributed by atoms with Crippen LogP contribution in [-0.2, 0) is 14.8 Å². The van der Waals surface area contributed by atoms with E-state index in [0.29, 0.717) is 24.2 Å². The fraction of sp³-hybridized carbons (Fsp3) is 0.368. The molecule has 2 aromatic heterocycles. The Kier molecular flexibility index (Phi) is 5.97. The van der Waals surface area contributed by atoms with Crippen LogP contribution in [0.15, 0.2) is 35.4 Å². The van der Waals surface area contributed by atoms with Crippen molar-refractivity contribution in [1.29, 1.82) is 0 Å². The van der Waals surface area contributed by atoms with Crippen LogP contribution in [0.5, 0.6) is 5.75 Å². The zero-order valence-corrected chi connectivity index (χ0v) is 17.2. The van der Waals surface area contributed by atoms with Crippen molar-refractivity contribution in [2.75, 3.05) is 27.4 Å². The largest absolute Gasteiger partial charge is 0.495 e. The van der Waals surface area contributed by atoms with Gasteiger partial charge in [0.25, 0.3) is 0 Å². The normalized spacial score (nSPS) is 11.9. The number of aromatic nitrogens is 3. The average molecular weight is 404 g/mol. The Morgan fingerprint density at radius 1 is 1.18 bits per heavy atom. The molecule has 0 aliphatic carbocycles. The summed E-state index contributed by atoms with van der Waals surface area (Å²) in [6, 6.07) is 6.98. The van der Waals surface area contributed by atoms with E-state index in [0.717, 1.165) is 17.0 Å². The highest BCUT2D eigenvalue weighted by molar-refractivity contribution is 7.89. The van der Waals surface area contributed by atoms with E-state index in [-0.39, 0.29) is 17.2 Å². The summed E-state index contributed by atoms with van der Waals surface area (Å²) in [7, 11) is -0.720. The molecule has 0 saturated carbocycles. The summed E-state index contributed by atoms with van der Waals surface area (Å²) in [4.78, 5) is 4.65. The lowest BCUT2D eigenvalue weighted by Gasteiger charge is -2.12. The number of rotatable bonds is 8. The Balaban J connectivity index is 2.05. The summed E-state index contributed by atoms with van der Waals surface area (Å²) in [6.07, 6.45) is 2.27. The second-order valence-corrected chi connectivity index (χ2v) is 8.18. The monoisotopic (exact) mass is 404 g/mol. The SMILES string of the molecule is COCCCNS(=O)(=O)c1cc(-c2cnn3c(C)cc(C)nc23)ccc1OC. The standard InChI is InChI=1S/C19H24N4O4S/c1-13-10-14(2)23-19(22-13)16(12-20-23)15-6-7-17(27-4)18(11-15)28(24,25)21-8-5-9-26-3/h6-7,10-12,21H,5,8-9H2,1-4H3. The first-order valence-electron chi connectivity index (χ1n) is 8.86. The van der Waals surface area contributed by atoms with Gasteiger partial charge in [-0.2, -0.15) is 5.10 Å². The van der Waals surface area contributed by atoms with Crippen molar-refractivity contribution in [2.24, 2.45) is 0 Å². The number of fused-ring (bicyclic) bond motifs is 1. The number of nitrogens with one attached hydrogen (secondary N) is 1. The molecule has 0 aliphatic heterocycles. The molecule has 28 heavy (non-hydrogen) atoms. The molecule has 1 aromatic carbocycles. The van der Waals surface area contributed by atoms with Crippen LogP contribution in [0, 0.1) is 13.8 Å². The molecule has 0 bridgehead atoms. The Hall–Kier alpha value is -2.49. The molecule has 0 aliphatic rings. The molecular weight excluding hydrogens is 380 g/mol. The number of hydrogen-bond donors (Lipinski definition) is 1. The van der Waals surface area contributed by atoms with Crippen molar-refractivity contribution in [3.05, 3.63) is 41.9 Å². The molecule has 3 rings (SSSR count). The molecule has 0 amide bonds. The number of benzene rings is 1. The van der Waals surface area contributed by atoms with Gasteiger partial charge in [-0.15, -0.1) is 0 Å². The van der Waals surface area contributed by atoms with Crippen molar-refractivity contribution in [2.45, 2.75) is 25.2 Å². The number of methoxy groups -OCH3 is 2. The van der Waals surface area contributed by atoms with E-state index in [1.807, 2.05) is 19.9 Å². The molecule has 3 aromatic rings. The summed E-state index contributed by atoms with van der Waals surface area (Å²) in [5.74, 6) is 0.278. The minimum atomic E-state index is -3.74. The Morgan fingerprint density at radius 2 is 1.96 bits per heavy atom. The van der Waals surface area contributed by atoms with Crippen molar-refractivity contribution >= 4 is 15.7 Å². The highest BCUT2D eigenvalue weighted by atomic mass is 32.2. The van der Waals surface area contributed by atoms with Crippen LogP contribution in [0.2, 0.25) is 0 Å².